The molecule has 0 nitrogen and oxygen atoms in total. The summed E-state index contributed by atoms with van der Waals surface area (Å²) in [6, 6.07) is 0. The summed E-state index contributed by atoms with van der Waals surface area (Å²) >= 11 is 0. The Morgan fingerprint density at radius 1 is 1.00 bits per heavy atom. The first kappa shape index (κ1) is 15.9. The molecule has 0 saturated heterocycles. The number of rotatable bonds is 0. The first-order chi connectivity index (χ1) is 4.24. The Balaban J connectivity index is -0.0000000600. The molecule has 0 aliphatic rings. The van der Waals surface area contributed by atoms with E-state index < -0.39 is 0 Å². The SMILES string of the molecule is C=CC.CCC.CCC. The first-order valence-electron chi connectivity index (χ1n) is 3.81. The third-order valence-electron chi connectivity index (χ3n) is 0. The molecule has 9 heavy (non-hydrogen) atoms. The fraction of sp³-hybridized carbons (Fsp3) is 0.778. The van der Waals surface area contributed by atoms with Crippen molar-refractivity contribution in [2.75, 3.05) is 0 Å². The van der Waals surface area contributed by atoms with Crippen molar-refractivity contribution in [3.8, 4) is 0 Å². The lowest BCUT2D eigenvalue weighted by molar-refractivity contribution is 1.09. The van der Waals surface area contributed by atoms with Gasteiger partial charge < -0.3 is 0 Å². The quantitative estimate of drug-likeness (QED) is 0.434. The Labute approximate surface area is 61.0 Å². The topological polar surface area (TPSA) is 0 Å². The summed E-state index contributed by atoms with van der Waals surface area (Å²) in [5, 5.41) is 0. The molecular formula is C9H22. The van der Waals surface area contributed by atoms with Gasteiger partial charge in [-0.15, -0.1) is 6.58 Å². The molecule has 0 aromatic carbocycles. The molecule has 0 aliphatic carbocycles. The van der Waals surface area contributed by atoms with Gasteiger partial charge in [0.25, 0.3) is 0 Å². The highest BCUT2D eigenvalue weighted by molar-refractivity contribution is 4.51. The lowest BCUT2D eigenvalue weighted by atomic mass is 10.6. The molecule has 0 fully saturated rings. The van der Waals surface area contributed by atoms with Crippen LogP contribution in [0.1, 0.15) is 47.5 Å². The van der Waals surface area contributed by atoms with E-state index in [9.17, 15) is 0 Å². The average molecular weight is 130 g/mol. The molecule has 0 N–H and O–H groups in total. The maximum Gasteiger partial charge on any atom is -0.0473 e. The lowest BCUT2D eigenvalue weighted by Crippen LogP contribution is -1.27. The summed E-state index contributed by atoms with van der Waals surface area (Å²) in [7, 11) is 0. The van der Waals surface area contributed by atoms with E-state index in [4.69, 9.17) is 0 Å². The highest BCUT2D eigenvalue weighted by atomic mass is 13.4. The van der Waals surface area contributed by atoms with Gasteiger partial charge in [0.15, 0.2) is 0 Å². The van der Waals surface area contributed by atoms with Gasteiger partial charge in [0, 0.05) is 0 Å². The smallest absolute Gasteiger partial charge is 0.0473 e. The van der Waals surface area contributed by atoms with Gasteiger partial charge in [-0.3, -0.25) is 0 Å². The van der Waals surface area contributed by atoms with Crippen LogP contribution >= 0.6 is 0 Å². The van der Waals surface area contributed by atoms with Crippen molar-refractivity contribution in [3.05, 3.63) is 12.7 Å². The molecule has 0 aromatic rings. The predicted molar refractivity (Wildman–Crippen MR) is 47.8 cm³/mol. The molecule has 0 aromatic heterocycles. The molecule has 0 saturated carbocycles. The van der Waals surface area contributed by atoms with Gasteiger partial charge in [0.2, 0.25) is 0 Å². The number of hydrogen-bond acceptors (Lipinski definition) is 0. The van der Waals surface area contributed by atoms with Gasteiger partial charge in [0.1, 0.15) is 0 Å². The van der Waals surface area contributed by atoms with Crippen LogP contribution < -0.4 is 0 Å². The molecule has 0 aliphatic heterocycles. The molecule has 0 unspecified atom stereocenters. The van der Waals surface area contributed by atoms with E-state index in [1.54, 1.807) is 6.08 Å². The molecule has 0 rings (SSSR count). The van der Waals surface area contributed by atoms with Crippen LogP contribution in [0.3, 0.4) is 0 Å². The van der Waals surface area contributed by atoms with Crippen LogP contribution in [-0.4, -0.2) is 0 Å². The molecule has 58 valence electrons. The van der Waals surface area contributed by atoms with Crippen LogP contribution in [0.25, 0.3) is 0 Å². The Morgan fingerprint density at radius 2 is 1.00 bits per heavy atom. The zero-order valence-corrected chi connectivity index (χ0v) is 7.70. The summed E-state index contributed by atoms with van der Waals surface area (Å²) < 4.78 is 0. The van der Waals surface area contributed by atoms with E-state index in [-0.39, 0.29) is 0 Å². The molecule has 0 radical (unpaired) electrons. The minimum absolute atomic E-state index is 1.25. The van der Waals surface area contributed by atoms with E-state index >= 15 is 0 Å². The van der Waals surface area contributed by atoms with Gasteiger partial charge >= 0.3 is 0 Å². The van der Waals surface area contributed by atoms with Gasteiger partial charge in [-0.25, -0.2) is 0 Å². The van der Waals surface area contributed by atoms with Crippen molar-refractivity contribution in [1.29, 1.82) is 0 Å². The van der Waals surface area contributed by atoms with Crippen molar-refractivity contribution in [2.24, 2.45) is 0 Å². The summed E-state index contributed by atoms with van der Waals surface area (Å²) in [6.07, 6.45) is 4.25. The Kier molecular flexibility index (Phi) is 82.7. The lowest BCUT2D eigenvalue weighted by Gasteiger charge is -1.48. The molecule has 0 spiro atoms. The Morgan fingerprint density at radius 3 is 1.00 bits per heavy atom. The van der Waals surface area contributed by atoms with Crippen LogP contribution in [0.4, 0.5) is 0 Å². The molecule has 0 bridgehead atoms. The van der Waals surface area contributed by atoms with E-state index in [0.29, 0.717) is 0 Å². The fourth-order valence-corrected chi connectivity index (χ4v) is 0. The molecule has 0 amide bonds. The third-order valence-corrected chi connectivity index (χ3v) is 0. The monoisotopic (exact) mass is 130 g/mol. The zero-order chi connectivity index (χ0) is 8.12. The molecule has 0 atom stereocenters. The van der Waals surface area contributed by atoms with Crippen LogP contribution in [0, 0.1) is 0 Å². The maximum absolute atomic E-state index is 3.36. The maximum atomic E-state index is 3.36. The van der Waals surface area contributed by atoms with E-state index in [1.165, 1.54) is 12.8 Å². The van der Waals surface area contributed by atoms with Crippen molar-refractivity contribution in [3.63, 3.8) is 0 Å². The largest absolute Gasteiger partial charge is 0.103 e. The van der Waals surface area contributed by atoms with Crippen molar-refractivity contribution < 1.29 is 0 Å². The van der Waals surface area contributed by atoms with E-state index in [2.05, 4.69) is 34.3 Å². The van der Waals surface area contributed by atoms with Gasteiger partial charge in [0.05, 0.1) is 0 Å². The highest BCUT2D eigenvalue weighted by Gasteiger charge is 1.36. The minimum atomic E-state index is 1.25. The van der Waals surface area contributed by atoms with Crippen LogP contribution in [0.5, 0.6) is 0 Å². The van der Waals surface area contributed by atoms with E-state index in [0.717, 1.165) is 0 Å². The van der Waals surface area contributed by atoms with Crippen molar-refractivity contribution in [2.45, 2.75) is 47.5 Å². The van der Waals surface area contributed by atoms with Crippen LogP contribution in [-0.2, 0) is 0 Å². The summed E-state index contributed by atoms with van der Waals surface area (Å²) in [5.74, 6) is 0. The zero-order valence-electron chi connectivity index (χ0n) is 7.70. The Hall–Kier alpha value is -0.260. The summed E-state index contributed by atoms with van der Waals surface area (Å²) in [5.41, 5.74) is 0. The molecule has 0 heteroatoms. The summed E-state index contributed by atoms with van der Waals surface area (Å²) in [4.78, 5) is 0. The number of hydrogen-bond donors (Lipinski definition) is 0. The van der Waals surface area contributed by atoms with Crippen LogP contribution in [0.15, 0.2) is 12.7 Å². The Bertz CT molecular complexity index is 19.2. The van der Waals surface area contributed by atoms with Gasteiger partial charge in [-0.1, -0.05) is 46.6 Å². The normalized spacial score (nSPS) is 5.44. The van der Waals surface area contributed by atoms with Crippen LogP contribution in [0.2, 0.25) is 0 Å². The fourth-order valence-electron chi connectivity index (χ4n) is 0. The second kappa shape index (κ2) is 46.8. The van der Waals surface area contributed by atoms with E-state index in [1.807, 2.05) is 6.92 Å². The third kappa shape index (κ3) is 3770. The predicted octanol–water partition coefficient (Wildman–Crippen LogP) is 4.02. The summed E-state index contributed by atoms with van der Waals surface area (Å²) in [6.45, 7) is 13.8. The second-order valence-electron chi connectivity index (χ2n) is 1.82. The first-order valence-corrected chi connectivity index (χ1v) is 3.81. The average Bonchev–Trinajstić information content (AvgIpc) is 1.70. The number of allylic oxidation sites excluding steroid dienone is 1. The van der Waals surface area contributed by atoms with Crippen molar-refractivity contribution in [1.82, 2.24) is 0 Å². The minimum Gasteiger partial charge on any atom is -0.103 e. The molecule has 0 heterocycles. The standard InChI is InChI=1S/2C3H8.C3H6/c3*1-3-2/h2*3H2,1-2H3;3H,1H2,2H3. The second-order valence-corrected chi connectivity index (χ2v) is 1.82. The molecular weight excluding hydrogens is 108 g/mol. The van der Waals surface area contributed by atoms with Gasteiger partial charge in [-0.05, 0) is 6.92 Å². The highest BCUT2D eigenvalue weighted by Crippen LogP contribution is 1.56. The van der Waals surface area contributed by atoms with Crippen molar-refractivity contribution >= 4 is 0 Å². The van der Waals surface area contributed by atoms with Gasteiger partial charge in [-0.2, -0.15) is 0 Å².